The van der Waals surface area contributed by atoms with E-state index in [1.165, 1.54) is 0 Å². The first-order valence-electron chi connectivity index (χ1n) is 9.07. The second-order valence-corrected chi connectivity index (χ2v) is 7.03. The molecule has 0 bridgehead atoms. The molecule has 2 aromatic heterocycles. The number of rotatable bonds is 3. The molecule has 2 aromatic carbocycles. The summed E-state index contributed by atoms with van der Waals surface area (Å²) in [5.74, 6) is 1.09. The second-order valence-electron chi connectivity index (χ2n) is 6.51. The molecule has 5 rings (SSSR count). The van der Waals surface area contributed by atoms with Crippen LogP contribution in [0.3, 0.4) is 0 Å². The zero-order valence-electron chi connectivity index (χ0n) is 15.2. The standard InChI is InChI=1S/C21H17N5OS/c1-2-18-24-21(27-25-18)20-17-11-22-19(13-6-4-3-5-7-13)15-10-14(28)8-9-16(15)26(17)12-23-20/h3-10,12,28H,2,11H2,1H3. The minimum Gasteiger partial charge on any atom is -0.332 e. The van der Waals surface area contributed by atoms with E-state index in [4.69, 9.17) is 9.52 Å². The summed E-state index contributed by atoms with van der Waals surface area (Å²) in [6, 6.07) is 16.2. The average Bonchev–Trinajstić information content (AvgIpc) is 3.33. The van der Waals surface area contributed by atoms with Gasteiger partial charge >= 0.3 is 0 Å². The van der Waals surface area contributed by atoms with Crippen molar-refractivity contribution in [3.8, 4) is 17.3 Å². The van der Waals surface area contributed by atoms with Crippen molar-refractivity contribution in [2.45, 2.75) is 24.8 Å². The van der Waals surface area contributed by atoms with E-state index in [2.05, 4.69) is 39.9 Å². The Labute approximate surface area is 167 Å². The number of thiol groups is 1. The number of aromatic nitrogens is 4. The maximum absolute atomic E-state index is 5.43. The van der Waals surface area contributed by atoms with Crippen molar-refractivity contribution in [1.82, 2.24) is 19.7 Å². The Morgan fingerprint density at radius 1 is 1.14 bits per heavy atom. The third-order valence-corrected chi connectivity index (χ3v) is 5.06. The Bertz CT molecular complexity index is 1190. The summed E-state index contributed by atoms with van der Waals surface area (Å²) >= 11 is 4.54. The fourth-order valence-corrected chi connectivity index (χ4v) is 3.61. The van der Waals surface area contributed by atoms with Gasteiger partial charge in [0.2, 0.25) is 0 Å². The minimum atomic E-state index is 0.427. The molecular formula is C21H17N5OS. The second kappa shape index (κ2) is 6.76. The first-order chi connectivity index (χ1) is 13.7. The molecule has 6 nitrogen and oxygen atoms in total. The van der Waals surface area contributed by atoms with E-state index in [0.717, 1.165) is 33.1 Å². The quantitative estimate of drug-likeness (QED) is 0.537. The number of hydrogen-bond acceptors (Lipinski definition) is 6. The number of aliphatic imine (C=N–C) groups is 1. The summed E-state index contributed by atoms with van der Waals surface area (Å²) in [4.78, 5) is 14.8. The average molecular weight is 387 g/mol. The van der Waals surface area contributed by atoms with Crippen molar-refractivity contribution in [1.29, 1.82) is 0 Å². The van der Waals surface area contributed by atoms with E-state index in [-0.39, 0.29) is 0 Å². The van der Waals surface area contributed by atoms with Gasteiger partial charge in [-0.05, 0) is 18.2 Å². The normalized spacial score (nSPS) is 12.9. The van der Waals surface area contributed by atoms with Crippen molar-refractivity contribution in [3.63, 3.8) is 0 Å². The Kier molecular flexibility index (Phi) is 4.09. The lowest BCUT2D eigenvalue weighted by Crippen LogP contribution is -2.06. The molecule has 0 atom stereocenters. The van der Waals surface area contributed by atoms with Gasteiger partial charge in [0.25, 0.3) is 5.89 Å². The zero-order valence-corrected chi connectivity index (χ0v) is 16.1. The van der Waals surface area contributed by atoms with Gasteiger partial charge in [0.15, 0.2) is 11.5 Å². The molecule has 28 heavy (non-hydrogen) atoms. The van der Waals surface area contributed by atoms with Gasteiger partial charge in [-0.2, -0.15) is 4.98 Å². The SMILES string of the molecule is CCc1noc(-c2ncn3c2CN=C(c2ccccc2)c2cc(S)ccc2-3)n1. The molecule has 0 unspecified atom stereocenters. The molecule has 4 aromatic rings. The van der Waals surface area contributed by atoms with Crippen molar-refractivity contribution in [2.24, 2.45) is 4.99 Å². The number of benzene rings is 2. The van der Waals surface area contributed by atoms with Crippen LogP contribution in [0.2, 0.25) is 0 Å². The minimum absolute atomic E-state index is 0.427. The van der Waals surface area contributed by atoms with Gasteiger partial charge in [0.1, 0.15) is 6.33 Å². The maximum atomic E-state index is 5.43. The van der Waals surface area contributed by atoms with Crippen molar-refractivity contribution in [2.75, 3.05) is 0 Å². The Morgan fingerprint density at radius 2 is 2.00 bits per heavy atom. The van der Waals surface area contributed by atoms with Crippen LogP contribution in [0.5, 0.6) is 0 Å². The molecule has 3 heterocycles. The highest BCUT2D eigenvalue weighted by atomic mass is 32.1. The van der Waals surface area contributed by atoms with Gasteiger partial charge in [-0.25, -0.2) is 4.98 Å². The highest BCUT2D eigenvalue weighted by Gasteiger charge is 2.24. The number of fused-ring (bicyclic) bond motifs is 3. The molecule has 0 saturated carbocycles. The summed E-state index contributed by atoms with van der Waals surface area (Å²) in [5, 5.41) is 4.00. The van der Waals surface area contributed by atoms with Gasteiger partial charge in [-0.15, -0.1) is 12.6 Å². The highest BCUT2D eigenvalue weighted by Crippen LogP contribution is 2.31. The molecule has 0 saturated heterocycles. The number of imidazole rings is 1. The van der Waals surface area contributed by atoms with E-state index in [1.807, 2.05) is 47.9 Å². The predicted octanol–water partition coefficient (Wildman–Crippen LogP) is 4.12. The zero-order chi connectivity index (χ0) is 19.1. The molecule has 138 valence electrons. The van der Waals surface area contributed by atoms with Crippen LogP contribution in [0.1, 0.15) is 29.6 Å². The fraction of sp³-hybridized carbons (Fsp3) is 0.143. The summed E-state index contributed by atoms with van der Waals surface area (Å²) in [5.41, 5.74) is 5.61. The first-order valence-corrected chi connectivity index (χ1v) is 9.52. The summed E-state index contributed by atoms with van der Waals surface area (Å²) < 4.78 is 7.48. The lowest BCUT2D eigenvalue weighted by molar-refractivity contribution is 0.422. The summed E-state index contributed by atoms with van der Waals surface area (Å²) in [6.07, 6.45) is 2.50. The lowest BCUT2D eigenvalue weighted by Gasteiger charge is -2.12. The third-order valence-electron chi connectivity index (χ3n) is 4.78. The van der Waals surface area contributed by atoms with Crippen LogP contribution in [0.15, 0.2) is 69.3 Å². The van der Waals surface area contributed by atoms with Crippen LogP contribution in [-0.4, -0.2) is 25.4 Å². The van der Waals surface area contributed by atoms with Crippen molar-refractivity contribution in [3.05, 3.63) is 77.5 Å². The molecule has 7 heteroatoms. The topological polar surface area (TPSA) is 69.1 Å². The number of nitrogens with zero attached hydrogens (tertiary/aromatic N) is 5. The van der Waals surface area contributed by atoms with Gasteiger partial charge in [0, 0.05) is 22.4 Å². The molecule has 0 spiro atoms. The summed E-state index contributed by atoms with van der Waals surface area (Å²) in [7, 11) is 0. The molecule has 0 N–H and O–H groups in total. The third kappa shape index (κ3) is 2.75. The predicted molar refractivity (Wildman–Crippen MR) is 109 cm³/mol. The Morgan fingerprint density at radius 3 is 2.79 bits per heavy atom. The van der Waals surface area contributed by atoms with E-state index in [1.54, 1.807) is 6.33 Å². The van der Waals surface area contributed by atoms with Crippen LogP contribution in [0, 0.1) is 0 Å². The van der Waals surface area contributed by atoms with Crippen LogP contribution in [-0.2, 0) is 13.0 Å². The Hall–Kier alpha value is -3.19. The molecule has 1 aliphatic rings. The monoisotopic (exact) mass is 387 g/mol. The van der Waals surface area contributed by atoms with Crippen LogP contribution in [0.4, 0.5) is 0 Å². The van der Waals surface area contributed by atoms with Crippen molar-refractivity contribution < 1.29 is 4.52 Å². The van der Waals surface area contributed by atoms with Crippen molar-refractivity contribution >= 4 is 18.3 Å². The van der Waals surface area contributed by atoms with E-state index in [0.29, 0.717) is 30.4 Å². The lowest BCUT2D eigenvalue weighted by atomic mass is 10.0. The van der Waals surface area contributed by atoms with Crippen LogP contribution < -0.4 is 0 Å². The molecule has 0 aliphatic carbocycles. The van der Waals surface area contributed by atoms with E-state index in [9.17, 15) is 0 Å². The molecule has 0 fully saturated rings. The Balaban J connectivity index is 1.71. The van der Waals surface area contributed by atoms with Gasteiger partial charge in [0.05, 0.1) is 23.6 Å². The van der Waals surface area contributed by atoms with E-state index >= 15 is 0 Å². The molecular weight excluding hydrogens is 370 g/mol. The van der Waals surface area contributed by atoms with Crippen LogP contribution >= 0.6 is 12.6 Å². The smallest absolute Gasteiger partial charge is 0.278 e. The summed E-state index contributed by atoms with van der Waals surface area (Å²) in [6.45, 7) is 2.45. The van der Waals surface area contributed by atoms with E-state index < -0.39 is 0 Å². The maximum Gasteiger partial charge on any atom is 0.278 e. The van der Waals surface area contributed by atoms with Gasteiger partial charge < -0.3 is 4.52 Å². The van der Waals surface area contributed by atoms with Crippen LogP contribution in [0.25, 0.3) is 17.3 Å². The highest BCUT2D eigenvalue weighted by molar-refractivity contribution is 7.80. The fourth-order valence-electron chi connectivity index (χ4n) is 3.41. The molecule has 0 radical (unpaired) electrons. The van der Waals surface area contributed by atoms with Gasteiger partial charge in [-0.3, -0.25) is 9.56 Å². The molecule has 0 amide bonds. The number of hydrogen-bond donors (Lipinski definition) is 1. The largest absolute Gasteiger partial charge is 0.332 e. The molecule has 1 aliphatic heterocycles. The van der Waals surface area contributed by atoms with Gasteiger partial charge in [-0.1, -0.05) is 42.4 Å². The number of aryl methyl sites for hydroxylation is 1. The first kappa shape index (κ1) is 16.9.